The molecule has 108 valence electrons. The lowest BCUT2D eigenvalue weighted by Crippen LogP contribution is -2.12. The van der Waals surface area contributed by atoms with Crippen molar-refractivity contribution in [1.82, 2.24) is 9.55 Å². The average Bonchev–Trinajstić information content (AvgIpc) is 3.15. The van der Waals surface area contributed by atoms with E-state index in [1.54, 1.807) is 0 Å². The molecule has 4 nitrogen and oxygen atoms in total. The number of para-hydroxylation sites is 1. The zero-order valence-electron chi connectivity index (χ0n) is 12.1. The summed E-state index contributed by atoms with van der Waals surface area (Å²) in [6, 6.07) is 15.6. The van der Waals surface area contributed by atoms with E-state index in [-0.39, 0.29) is 5.91 Å². The van der Waals surface area contributed by atoms with Crippen LogP contribution in [0.4, 0.5) is 5.69 Å². The van der Waals surface area contributed by atoms with Crippen molar-refractivity contribution < 1.29 is 4.79 Å². The van der Waals surface area contributed by atoms with Crippen molar-refractivity contribution in [1.29, 1.82) is 0 Å². The topological polar surface area (TPSA) is 49.8 Å². The van der Waals surface area contributed by atoms with Crippen LogP contribution in [0, 0.1) is 0 Å². The fourth-order valence-corrected chi connectivity index (χ4v) is 2.79. The van der Waals surface area contributed by atoms with Gasteiger partial charge in [-0.05, 0) is 35.7 Å². The lowest BCUT2D eigenvalue weighted by atomic mass is 10.1. The van der Waals surface area contributed by atoms with Gasteiger partial charge in [0.05, 0.1) is 11.2 Å². The summed E-state index contributed by atoms with van der Waals surface area (Å²) in [7, 11) is 1.98. The largest absolute Gasteiger partial charge is 0.359 e. The first-order valence-electron chi connectivity index (χ1n) is 7.15. The molecule has 0 atom stereocenters. The molecule has 4 aromatic rings. The molecule has 2 heterocycles. The number of fused-ring (bicyclic) bond motifs is 2. The summed E-state index contributed by atoms with van der Waals surface area (Å²) in [4.78, 5) is 15.7. The van der Waals surface area contributed by atoms with E-state index in [0.717, 1.165) is 27.5 Å². The lowest BCUT2D eigenvalue weighted by Gasteiger charge is -2.07. The van der Waals surface area contributed by atoms with Gasteiger partial charge in [-0.2, -0.15) is 0 Å². The van der Waals surface area contributed by atoms with Gasteiger partial charge >= 0.3 is 0 Å². The van der Waals surface area contributed by atoms with Gasteiger partial charge in [-0.3, -0.25) is 4.79 Å². The molecule has 4 heteroatoms. The summed E-state index contributed by atoms with van der Waals surface area (Å²) in [5.41, 5.74) is 3.43. The Morgan fingerprint density at radius 3 is 2.91 bits per heavy atom. The summed E-state index contributed by atoms with van der Waals surface area (Å²) in [5.74, 6) is -0.106. The molecule has 0 aliphatic carbocycles. The molecular formula is C18H15N3O. The number of aryl methyl sites for hydroxylation is 1. The molecule has 0 spiro atoms. The Labute approximate surface area is 127 Å². The van der Waals surface area contributed by atoms with Gasteiger partial charge in [0, 0.05) is 35.9 Å². The standard InChI is InChI=1S/C18H15N3O/c1-21-10-8-12-5-6-14(11-16(12)21)18(22)20-15-4-2-3-13-7-9-19-17(13)15/h2-11,19H,1H3,(H,20,22). The van der Waals surface area contributed by atoms with Crippen LogP contribution in [0.25, 0.3) is 21.8 Å². The summed E-state index contributed by atoms with van der Waals surface area (Å²) in [5, 5.41) is 5.19. The van der Waals surface area contributed by atoms with Gasteiger partial charge in [-0.1, -0.05) is 18.2 Å². The van der Waals surface area contributed by atoms with Crippen LogP contribution < -0.4 is 5.32 Å². The van der Waals surface area contributed by atoms with Crippen LogP contribution in [0.5, 0.6) is 0 Å². The van der Waals surface area contributed by atoms with Crippen LogP contribution in [-0.2, 0) is 7.05 Å². The zero-order valence-corrected chi connectivity index (χ0v) is 12.1. The highest BCUT2D eigenvalue weighted by atomic mass is 16.1. The number of rotatable bonds is 2. The molecule has 0 radical (unpaired) electrons. The smallest absolute Gasteiger partial charge is 0.255 e. The van der Waals surface area contributed by atoms with E-state index in [4.69, 9.17) is 0 Å². The van der Waals surface area contributed by atoms with Crippen LogP contribution >= 0.6 is 0 Å². The SMILES string of the molecule is Cn1ccc2ccc(C(=O)Nc3cccc4cc[nH]c34)cc21. The molecule has 0 aliphatic rings. The number of hydrogen-bond donors (Lipinski definition) is 2. The monoisotopic (exact) mass is 289 g/mol. The first-order valence-corrected chi connectivity index (χ1v) is 7.15. The van der Waals surface area contributed by atoms with Crippen molar-refractivity contribution >= 4 is 33.4 Å². The predicted octanol–water partition coefficient (Wildman–Crippen LogP) is 3.91. The Morgan fingerprint density at radius 2 is 2.00 bits per heavy atom. The number of H-pyrrole nitrogens is 1. The fraction of sp³-hybridized carbons (Fsp3) is 0.0556. The minimum Gasteiger partial charge on any atom is -0.359 e. The number of carbonyl (C=O) groups is 1. The number of carbonyl (C=O) groups excluding carboxylic acids is 1. The van der Waals surface area contributed by atoms with E-state index in [9.17, 15) is 4.79 Å². The van der Waals surface area contributed by atoms with Crippen molar-refractivity contribution in [3.8, 4) is 0 Å². The van der Waals surface area contributed by atoms with E-state index in [1.165, 1.54) is 0 Å². The maximum absolute atomic E-state index is 12.5. The lowest BCUT2D eigenvalue weighted by molar-refractivity contribution is 0.102. The van der Waals surface area contributed by atoms with Gasteiger partial charge < -0.3 is 14.9 Å². The molecule has 2 N–H and O–H groups in total. The number of amides is 1. The van der Waals surface area contributed by atoms with E-state index < -0.39 is 0 Å². The van der Waals surface area contributed by atoms with Crippen molar-refractivity contribution in [3.63, 3.8) is 0 Å². The highest BCUT2D eigenvalue weighted by Gasteiger charge is 2.10. The molecule has 1 amide bonds. The second-order valence-electron chi connectivity index (χ2n) is 5.40. The third-order valence-electron chi connectivity index (χ3n) is 3.99. The Bertz CT molecular complexity index is 994. The van der Waals surface area contributed by atoms with Crippen LogP contribution in [0.15, 0.2) is 60.9 Å². The number of benzene rings is 2. The maximum atomic E-state index is 12.5. The molecule has 0 fully saturated rings. The van der Waals surface area contributed by atoms with Gasteiger partial charge in [0.15, 0.2) is 0 Å². The second-order valence-corrected chi connectivity index (χ2v) is 5.40. The van der Waals surface area contributed by atoms with E-state index >= 15 is 0 Å². The summed E-state index contributed by atoms with van der Waals surface area (Å²) in [6.07, 6.45) is 3.86. The van der Waals surface area contributed by atoms with Crippen LogP contribution in [0.3, 0.4) is 0 Å². The molecule has 22 heavy (non-hydrogen) atoms. The number of nitrogens with one attached hydrogen (secondary N) is 2. The Kier molecular flexibility index (Phi) is 2.76. The van der Waals surface area contributed by atoms with Crippen LogP contribution in [0.1, 0.15) is 10.4 Å². The number of aromatic amines is 1. The Morgan fingerprint density at radius 1 is 1.09 bits per heavy atom. The van der Waals surface area contributed by atoms with Crippen molar-refractivity contribution in [2.75, 3.05) is 5.32 Å². The van der Waals surface area contributed by atoms with E-state index in [2.05, 4.69) is 10.3 Å². The van der Waals surface area contributed by atoms with Gasteiger partial charge in [-0.25, -0.2) is 0 Å². The minimum absolute atomic E-state index is 0.106. The number of nitrogens with zero attached hydrogens (tertiary/aromatic N) is 1. The van der Waals surface area contributed by atoms with Crippen LogP contribution in [0.2, 0.25) is 0 Å². The molecule has 0 saturated heterocycles. The third-order valence-corrected chi connectivity index (χ3v) is 3.99. The molecule has 4 rings (SSSR count). The highest BCUT2D eigenvalue weighted by molar-refractivity contribution is 6.09. The van der Waals surface area contributed by atoms with E-state index in [1.807, 2.05) is 72.5 Å². The molecule has 0 unspecified atom stereocenters. The first kappa shape index (κ1) is 12.7. The average molecular weight is 289 g/mol. The second kappa shape index (κ2) is 4.77. The van der Waals surface area contributed by atoms with E-state index in [0.29, 0.717) is 5.56 Å². The predicted molar refractivity (Wildman–Crippen MR) is 89.2 cm³/mol. The van der Waals surface area contributed by atoms with Gasteiger partial charge in [0.2, 0.25) is 0 Å². The third kappa shape index (κ3) is 1.97. The van der Waals surface area contributed by atoms with Gasteiger partial charge in [-0.15, -0.1) is 0 Å². The first-order chi connectivity index (χ1) is 10.7. The highest BCUT2D eigenvalue weighted by Crippen LogP contribution is 2.23. The van der Waals surface area contributed by atoms with Crippen molar-refractivity contribution in [2.24, 2.45) is 7.05 Å². The number of aromatic nitrogens is 2. The molecule has 0 saturated carbocycles. The molecular weight excluding hydrogens is 274 g/mol. The van der Waals surface area contributed by atoms with Gasteiger partial charge in [0.1, 0.15) is 0 Å². The number of anilines is 1. The summed E-state index contributed by atoms with van der Waals surface area (Å²) in [6.45, 7) is 0. The summed E-state index contributed by atoms with van der Waals surface area (Å²) < 4.78 is 2.01. The minimum atomic E-state index is -0.106. The van der Waals surface area contributed by atoms with Crippen LogP contribution in [-0.4, -0.2) is 15.5 Å². The zero-order chi connectivity index (χ0) is 15.1. The quantitative estimate of drug-likeness (QED) is 0.577. The van der Waals surface area contributed by atoms with Crippen molar-refractivity contribution in [2.45, 2.75) is 0 Å². The summed E-state index contributed by atoms with van der Waals surface area (Å²) >= 11 is 0. The molecule has 2 aromatic heterocycles. The Hall–Kier alpha value is -3.01. The molecule has 2 aromatic carbocycles. The number of hydrogen-bond acceptors (Lipinski definition) is 1. The molecule has 0 bridgehead atoms. The molecule has 0 aliphatic heterocycles. The fourth-order valence-electron chi connectivity index (χ4n) is 2.79. The van der Waals surface area contributed by atoms with Crippen molar-refractivity contribution in [3.05, 3.63) is 66.5 Å². The Balaban J connectivity index is 1.71. The van der Waals surface area contributed by atoms with Gasteiger partial charge in [0.25, 0.3) is 5.91 Å². The maximum Gasteiger partial charge on any atom is 0.255 e. The normalized spacial score (nSPS) is 11.1.